The summed E-state index contributed by atoms with van der Waals surface area (Å²) >= 11 is 0. The van der Waals surface area contributed by atoms with Crippen LogP contribution in [-0.4, -0.2) is 31.5 Å². The van der Waals surface area contributed by atoms with E-state index in [4.69, 9.17) is 4.74 Å². The van der Waals surface area contributed by atoms with Gasteiger partial charge in [-0.15, -0.1) is 0 Å². The van der Waals surface area contributed by atoms with Gasteiger partial charge < -0.3 is 15.0 Å². The molecule has 0 aliphatic heterocycles. The second-order valence-electron chi connectivity index (χ2n) is 5.53. The summed E-state index contributed by atoms with van der Waals surface area (Å²) in [4.78, 5) is 24.8. The highest BCUT2D eigenvalue weighted by molar-refractivity contribution is 5.91. The van der Waals surface area contributed by atoms with Gasteiger partial charge in [-0.25, -0.2) is 8.78 Å². The lowest BCUT2D eigenvalue weighted by atomic mass is 10.2. The maximum absolute atomic E-state index is 13.3. The van der Waals surface area contributed by atoms with Crippen molar-refractivity contribution in [2.24, 2.45) is 0 Å². The number of benzene rings is 2. The van der Waals surface area contributed by atoms with Crippen LogP contribution in [0, 0.1) is 11.6 Å². The molecular weight excluding hydrogens is 342 g/mol. The number of amides is 2. The van der Waals surface area contributed by atoms with Gasteiger partial charge in [-0.1, -0.05) is 18.2 Å². The van der Waals surface area contributed by atoms with Gasteiger partial charge in [-0.05, 0) is 24.3 Å². The number of anilines is 1. The Labute approximate surface area is 150 Å². The van der Waals surface area contributed by atoms with E-state index in [1.54, 1.807) is 12.1 Å². The minimum Gasteiger partial charge on any atom is -0.493 e. The summed E-state index contributed by atoms with van der Waals surface area (Å²) in [6.07, 6.45) is 0.167. The largest absolute Gasteiger partial charge is 0.493 e. The van der Waals surface area contributed by atoms with E-state index < -0.39 is 11.6 Å². The van der Waals surface area contributed by atoms with E-state index in [9.17, 15) is 18.4 Å². The molecule has 5 nitrogen and oxygen atoms in total. The summed E-state index contributed by atoms with van der Waals surface area (Å²) in [5, 5.41) is 2.67. The highest BCUT2D eigenvalue weighted by Crippen LogP contribution is 2.17. The molecule has 0 radical (unpaired) electrons. The molecule has 0 aliphatic rings. The van der Waals surface area contributed by atoms with Crippen molar-refractivity contribution in [3.05, 3.63) is 60.2 Å². The van der Waals surface area contributed by atoms with Crippen molar-refractivity contribution in [1.29, 1.82) is 0 Å². The molecule has 0 heterocycles. The molecule has 1 N–H and O–H groups in total. The van der Waals surface area contributed by atoms with Crippen LogP contribution in [0.2, 0.25) is 0 Å². The number of carbonyl (C=O) groups excluding carboxylic acids is 2. The molecule has 0 aliphatic carbocycles. The second kappa shape index (κ2) is 9.50. The van der Waals surface area contributed by atoms with Crippen molar-refractivity contribution >= 4 is 17.5 Å². The average Bonchev–Trinajstić information content (AvgIpc) is 2.62. The third kappa shape index (κ3) is 5.84. The van der Waals surface area contributed by atoms with Crippen molar-refractivity contribution in [3.63, 3.8) is 0 Å². The molecule has 2 aromatic rings. The maximum Gasteiger partial charge on any atom is 0.223 e. The first kappa shape index (κ1) is 19.4. The van der Waals surface area contributed by atoms with Crippen molar-refractivity contribution in [2.45, 2.75) is 13.3 Å². The monoisotopic (exact) mass is 362 g/mol. The minimum absolute atomic E-state index is 0.145. The van der Waals surface area contributed by atoms with Gasteiger partial charge in [0.15, 0.2) is 11.6 Å². The Morgan fingerprint density at radius 2 is 1.81 bits per heavy atom. The van der Waals surface area contributed by atoms with Crippen LogP contribution in [-0.2, 0) is 9.59 Å². The number of halogens is 2. The fourth-order valence-electron chi connectivity index (χ4n) is 2.30. The van der Waals surface area contributed by atoms with Crippen LogP contribution in [0.15, 0.2) is 48.5 Å². The summed E-state index contributed by atoms with van der Waals surface area (Å²) in [6.45, 7) is 1.88. The number of para-hydroxylation sites is 1. The van der Waals surface area contributed by atoms with Crippen molar-refractivity contribution in [1.82, 2.24) is 5.32 Å². The van der Waals surface area contributed by atoms with Gasteiger partial charge in [0.25, 0.3) is 0 Å². The zero-order chi connectivity index (χ0) is 18.9. The first-order valence-electron chi connectivity index (χ1n) is 8.15. The summed E-state index contributed by atoms with van der Waals surface area (Å²) in [6, 6.07) is 12.4. The second-order valence-corrected chi connectivity index (χ2v) is 5.53. The standard InChI is InChI=1S/C19H20F2N2O3/c1-14(24)23(15-7-8-17(20)18(21)13-15)11-10-22-19(25)9-12-26-16-5-3-2-4-6-16/h2-8,13H,9-12H2,1H3,(H,22,25). The Bertz CT molecular complexity index is 754. The van der Waals surface area contributed by atoms with Crippen LogP contribution in [0.25, 0.3) is 0 Å². The molecule has 0 spiro atoms. The van der Waals surface area contributed by atoms with Gasteiger partial charge >= 0.3 is 0 Å². The van der Waals surface area contributed by atoms with Crippen LogP contribution in [0.5, 0.6) is 5.75 Å². The molecule has 0 bridgehead atoms. The zero-order valence-corrected chi connectivity index (χ0v) is 14.4. The van der Waals surface area contributed by atoms with E-state index in [0.29, 0.717) is 5.75 Å². The highest BCUT2D eigenvalue weighted by Gasteiger charge is 2.14. The van der Waals surface area contributed by atoms with Gasteiger partial charge in [-0.3, -0.25) is 9.59 Å². The van der Waals surface area contributed by atoms with E-state index >= 15 is 0 Å². The Kier molecular flexibility index (Phi) is 7.08. The smallest absolute Gasteiger partial charge is 0.223 e. The number of ether oxygens (including phenoxy) is 1. The Balaban J connectivity index is 1.77. The quantitative estimate of drug-likeness (QED) is 0.786. The average molecular weight is 362 g/mol. The number of hydrogen-bond donors (Lipinski definition) is 1. The lowest BCUT2D eigenvalue weighted by molar-refractivity contribution is -0.122. The maximum atomic E-state index is 13.3. The van der Waals surface area contributed by atoms with Gasteiger partial charge in [0.05, 0.1) is 13.0 Å². The Morgan fingerprint density at radius 1 is 1.08 bits per heavy atom. The minimum atomic E-state index is -1.03. The van der Waals surface area contributed by atoms with E-state index in [1.807, 2.05) is 18.2 Å². The first-order valence-corrected chi connectivity index (χ1v) is 8.15. The van der Waals surface area contributed by atoms with Crippen LogP contribution < -0.4 is 15.0 Å². The van der Waals surface area contributed by atoms with E-state index in [1.165, 1.54) is 17.9 Å². The fraction of sp³-hybridized carbons (Fsp3) is 0.263. The fourth-order valence-corrected chi connectivity index (χ4v) is 2.30. The van der Waals surface area contributed by atoms with E-state index in [0.717, 1.165) is 12.1 Å². The van der Waals surface area contributed by atoms with Gasteiger partial charge in [0.2, 0.25) is 11.8 Å². The molecule has 2 amide bonds. The highest BCUT2D eigenvalue weighted by atomic mass is 19.2. The third-order valence-electron chi connectivity index (χ3n) is 3.59. The van der Waals surface area contributed by atoms with Gasteiger partial charge in [0.1, 0.15) is 5.75 Å². The number of carbonyl (C=O) groups is 2. The predicted molar refractivity (Wildman–Crippen MR) is 93.9 cm³/mol. The van der Waals surface area contributed by atoms with Crippen molar-refractivity contribution in [3.8, 4) is 5.75 Å². The first-order chi connectivity index (χ1) is 12.5. The van der Waals surface area contributed by atoms with Crippen LogP contribution in [0.1, 0.15) is 13.3 Å². The molecule has 0 unspecified atom stereocenters. The van der Waals surface area contributed by atoms with Crippen molar-refractivity contribution in [2.75, 3.05) is 24.6 Å². The number of hydrogen-bond acceptors (Lipinski definition) is 3. The van der Waals surface area contributed by atoms with Crippen LogP contribution >= 0.6 is 0 Å². The lowest BCUT2D eigenvalue weighted by Gasteiger charge is -2.21. The molecule has 0 aromatic heterocycles. The number of nitrogens with one attached hydrogen (secondary N) is 1. The summed E-state index contributed by atoms with van der Waals surface area (Å²) in [5.41, 5.74) is 0.234. The summed E-state index contributed by atoms with van der Waals surface area (Å²) in [7, 11) is 0. The Hall–Kier alpha value is -2.96. The predicted octanol–water partition coefficient (Wildman–Crippen LogP) is 2.90. The molecule has 7 heteroatoms. The van der Waals surface area contributed by atoms with Crippen LogP contribution in [0.3, 0.4) is 0 Å². The molecular formula is C19H20F2N2O3. The molecule has 0 saturated carbocycles. The number of rotatable bonds is 8. The Morgan fingerprint density at radius 3 is 2.46 bits per heavy atom. The third-order valence-corrected chi connectivity index (χ3v) is 3.59. The molecule has 0 fully saturated rings. The number of nitrogens with zero attached hydrogens (tertiary/aromatic N) is 1. The van der Waals surface area contributed by atoms with E-state index in [2.05, 4.69) is 5.32 Å². The zero-order valence-electron chi connectivity index (χ0n) is 14.4. The molecule has 2 aromatic carbocycles. The molecule has 138 valence electrons. The topological polar surface area (TPSA) is 58.6 Å². The molecule has 2 rings (SSSR count). The normalized spacial score (nSPS) is 10.3. The van der Waals surface area contributed by atoms with E-state index in [-0.39, 0.29) is 43.6 Å². The molecule has 26 heavy (non-hydrogen) atoms. The lowest BCUT2D eigenvalue weighted by Crippen LogP contribution is -2.38. The molecule has 0 atom stereocenters. The van der Waals surface area contributed by atoms with Gasteiger partial charge in [-0.2, -0.15) is 0 Å². The van der Waals surface area contributed by atoms with Gasteiger partial charge in [0, 0.05) is 31.8 Å². The summed E-state index contributed by atoms with van der Waals surface area (Å²) < 4.78 is 31.8. The molecule has 0 saturated heterocycles. The van der Waals surface area contributed by atoms with Crippen molar-refractivity contribution < 1.29 is 23.1 Å². The van der Waals surface area contributed by atoms with Crippen LogP contribution in [0.4, 0.5) is 14.5 Å². The SMILES string of the molecule is CC(=O)N(CCNC(=O)CCOc1ccccc1)c1ccc(F)c(F)c1. The summed E-state index contributed by atoms with van der Waals surface area (Å²) in [5.74, 6) is -1.89.